The molecule has 1 unspecified atom stereocenters. The summed E-state index contributed by atoms with van der Waals surface area (Å²) in [6, 6.07) is 7.69. The van der Waals surface area contributed by atoms with Crippen molar-refractivity contribution in [3.05, 3.63) is 35.9 Å². The van der Waals surface area contributed by atoms with Gasteiger partial charge in [0.25, 0.3) is 0 Å². The molecule has 0 radical (unpaired) electrons. The SMILES string of the molecule is CC(C)(C)OC(=O)[C@@H](Cc1ccccc1)C(=O)CC(N)C(=O)O. The number of hydrogen-bond acceptors (Lipinski definition) is 5. The van der Waals surface area contributed by atoms with Gasteiger partial charge in [-0.15, -0.1) is 0 Å². The van der Waals surface area contributed by atoms with Crippen LogP contribution in [0, 0.1) is 5.92 Å². The highest BCUT2D eigenvalue weighted by Crippen LogP contribution is 2.18. The molecule has 126 valence electrons. The van der Waals surface area contributed by atoms with Gasteiger partial charge in [-0.05, 0) is 32.8 Å². The Bertz CT molecular complexity index is 562. The molecule has 1 aromatic rings. The third kappa shape index (κ3) is 6.61. The van der Waals surface area contributed by atoms with E-state index in [1.165, 1.54) is 0 Å². The Balaban J connectivity index is 2.93. The van der Waals surface area contributed by atoms with E-state index < -0.39 is 41.7 Å². The number of nitrogens with two attached hydrogens (primary N) is 1. The number of hydrogen-bond donors (Lipinski definition) is 2. The van der Waals surface area contributed by atoms with Gasteiger partial charge >= 0.3 is 11.9 Å². The van der Waals surface area contributed by atoms with Gasteiger partial charge in [-0.25, -0.2) is 0 Å². The lowest BCUT2D eigenvalue weighted by Crippen LogP contribution is -2.39. The van der Waals surface area contributed by atoms with Gasteiger partial charge in [0.05, 0.1) is 0 Å². The summed E-state index contributed by atoms with van der Waals surface area (Å²) in [6.07, 6.45) is -0.257. The predicted octanol–water partition coefficient (Wildman–Crippen LogP) is 1.56. The number of carboxylic acid groups (broad SMARTS) is 1. The number of rotatable bonds is 7. The van der Waals surface area contributed by atoms with E-state index in [0.29, 0.717) is 0 Å². The zero-order chi connectivity index (χ0) is 17.6. The summed E-state index contributed by atoms with van der Waals surface area (Å²) in [6.45, 7) is 5.12. The molecule has 2 atom stereocenters. The highest BCUT2D eigenvalue weighted by atomic mass is 16.6. The molecule has 0 aliphatic heterocycles. The lowest BCUT2D eigenvalue weighted by atomic mass is 9.91. The molecule has 0 aliphatic carbocycles. The zero-order valence-electron chi connectivity index (χ0n) is 13.6. The van der Waals surface area contributed by atoms with Crippen molar-refractivity contribution in [3.8, 4) is 0 Å². The highest BCUT2D eigenvalue weighted by molar-refractivity contribution is 6.01. The Labute approximate surface area is 135 Å². The molecule has 0 amide bonds. The largest absolute Gasteiger partial charge is 0.480 e. The van der Waals surface area contributed by atoms with Crippen LogP contribution in [-0.2, 0) is 25.5 Å². The average Bonchev–Trinajstić information content (AvgIpc) is 2.43. The Morgan fingerprint density at radius 1 is 1.17 bits per heavy atom. The molecule has 0 saturated heterocycles. The Morgan fingerprint density at radius 3 is 2.22 bits per heavy atom. The quantitative estimate of drug-likeness (QED) is 0.583. The molecule has 0 fully saturated rings. The van der Waals surface area contributed by atoms with Crippen LogP contribution in [0.2, 0.25) is 0 Å². The lowest BCUT2D eigenvalue weighted by Gasteiger charge is -2.24. The van der Waals surface area contributed by atoms with Crippen LogP contribution in [0.5, 0.6) is 0 Å². The monoisotopic (exact) mass is 321 g/mol. The van der Waals surface area contributed by atoms with Crippen molar-refractivity contribution in [2.24, 2.45) is 11.7 Å². The fourth-order valence-corrected chi connectivity index (χ4v) is 2.00. The molecule has 3 N–H and O–H groups in total. The number of carboxylic acids is 1. The van der Waals surface area contributed by atoms with Crippen molar-refractivity contribution in [2.45, 2.75) is 45.3 Å². The third-order valence-corrected chi connectivity index (χ3v) is 3.10. The summed E-state index contributed by atoms with van der Waals surface area (Å²) in [4.78, 5) is 35.5. The molecule has 0 aromatic heterocycles. The number of ether oxygens (including phenoxy) is 1. The summed E-state index contributed by atoms with van der Waals surface area (Å²) < 4.78 is 5.29. The van der Waals surface area contributed by atoms with E-state index in [-0.39, 0.29) is 6.42 Å². The van der Waals surface area contributed by atoms with Crippen molar-refractivity contribution in [3.63, 3.8) is 0 Å². The van der Waals surface area contributed by atoms with Crippen LogP contribution in [0.25, 0.3) is 0 Å². The number of aliphatic carboxylic acids is 1. The first-order valence-electron chi connectivity index (χ1n) is 7.38. The molecular formula is C17H23NO5. The molecule has 6 heteroatoms. The van der Waals surface area contributed by atoms with Crippen LogP contribution >= 0.6 is 0 Å². The first-order chi connectivity index (χ1) is 10.6. The molecule has 1 rings (SSSR count). The fraction of sp³-hybridized carbons (Fsp3) is 0.471. The Morgan fingerprint density at radius 2 is 1.74 bits per heavy atom. The molecule has 0 spiro atoms. The van der Waals surface area contributed by atoms with Crippen LogP contribution in [-0.4, -0.2) is 34.5 Å². The minimum Gasteiger partial charge on any atom is -0.480 e. The first kappa shape index (κ1) is 18.8. The summed E-state index contributed by atoms with van der Waals surface area (Å²) in [5.41, 5.74) is 5.46. The third-order valence-electron chi connectivity index (χ3n) is 3.10. The van der Waals surface area contributed by atoms with Gasteiger partial charge in [0.15, 0.2) is 0 Å². The molecule has 0 saturated carbocycles. The molecule has 0 bridgehead atoms. The van der Waals surface area contributed by atoms with Gasteiger partial charge in [0, 0.05) is 6.42 Å². The Kier molecular flexibility index (Phi) is 6.45. The number of esters is 1. The van der Waals surface area contributed by atoms with Crippen LogP contribution in [0.3, 0.4) is 0 Å². The second-order valence-corrected chi connectivity index (χ2v) is 6.39. The van der Waals surface area contributed by atoms with Crippen molar-refractivity contribution < 1.29 is 24.2 Å². The topological polar surface area (TPSA) is 107 Å². The summed E-state index contributed by atoms with van der Waals surface area (Å²) in [5.74, 6) is -3.54. The normalized spacial score (nSPS) is 13.9. The molecular weight excluding hydrogens is 298 g/mol. The van der Waals surface area contributed by atoms with E-state index in [9.17, 15) is 14.4 Å². The maximum absolute atomic E-state index is 12.3. The van der Waals surface area contributed by atoms with Crippen molar-refractivity contribution >= 4 is 17.7 Å². The molecule has 0 aliphatic rings. The van der Waals surface area contributed by atoms with Crippen molar-refractivity contribution in [2.75, 3.05) is 0 Å². The van der Waals surface area contributed by atoms with Gasteiger partial charge in [-0.3, -0.25) is 14.4 Å². The summed E-state index contributed by atoms with van der Waals surface area (Å²) >= 11 is 0. The minimum atomic E-state index is -1.33. The number of ketones is 1. The van der Waals surface area contributed by atoms with Gasteiger partial charge in [-0.2, -0.15) is 0 Å². The standard InChI is InChI=1S/C17H23NO5/c1-17(2,3)23-16(22)12(9-11-7-5-4-6-8-11)14(19)10-13(18)15(20)21/h4-8,12-13H,9-10,18H2,1-3H3,(H,20,21)/t12-,13?/m0/s1. The summed E-state index contributed by atoms with van der Waals surface area (Å²) in [5, 5.41) is 8.83. The number of benzene rings is 1. The molecule has 23 heavy (non-hydrogen) atoms. The van der Waals surface area contributed by atoms with Crippen LogP contribution in [0.4, 0.5) is 0 Å². The summed E-state index contributed by atoms with van der Waals surface area (Å²) in [7, 11) is 0. The number of Topliss-reactive ketones (excluding diaryl/α,β-unsaturated/α-hetero) is 1. The van der Waals surface area contributed by atoms with Gasteiger partial charge < -0.3 is 15.6 Å². The van der Waals surface area contributed by atoms with Crippen LogP contribution in [0.15, 0.2) is 30.3 Å². The zero-order valence-corrected chi connectivity index (χ0v) is 13.6. The maximum atomic E-state index is 12.3. The van der Waals surface area contributed by atoms with Crippen LogP contribution in [0.1, 0.15) is 32.8 Å². The fourth-order valence-electron chi connectivity index (χ4n) is 2.00. The predicted molar refractivity (Wildman–Crippen MR) is 84.7 cm³/mol. The van der Waals surface area contributed by atoms with Crippen LogP contribution < -0.4 is 5.73 Å². The average molecular weight is 321 g/mol. The second kappa shape index (κ2) is 7.87. The molecule has 0 heterocycles. The van der Waals surface area contributed by atoms with Gasteiger partial charge in [-0.1, -0.05) is 30.3 Å². The van der Waals surface area contributed by atoms with E-state index in [2.05, 4.69) is 0 Å². The van der Waals surface area contributed by atoms with Crippen molar-refractivity contribution in [1.82, 2.24) is 0 Å². The van der Waals surface area contributed by atoms with E-state index in [1.54, 1.807) is 45.0 Å². The van der Waals surface area contributed by atoms with E-state index in [4.69, 9.17) is 15.6 Å². The van der Waals surface area contributed by atoms with Gasteiger partial charge in [0.2, 0.25) is 0 Å². The molecule has 1 aromatic carbocycles. The van der Waals surface area contributed by atoms with E-state index in [1.807, 2.05) is 6.07 Å². The van der Waals surface area contributed by atoms with E-state index >= 15 is 0 Å². The number of carbonyl (C=O) groups is 3. The minimum absolute atomic E-state index is 0.154. The lowest BCUT2D eigenvalue weighted by molar-refractivity contribution is -0.162. The first-order valence-corrected chi connectivity index (χ1v) is 7.38. The second-order valence-electron chi connectivity index (χ2n) is 6.39. The van der Waals surface area contributed by atoms with E-state index in [0.717, 1.165) is 5.56 Å². The number of carbonyl (C=O) groups excluding carboxylic acids is 2. The highest BCUT2D eigenvalue weighted by Gasteiger charge is 2.33. The Hall–Kier alpha value is -2.21. The molecule has 6 nitrogen and oxygen atoms in total. The van der Waals surface area contributed by atoms with Crippen molar-refractivity contribution in [1.29, 1.82) is 0 Å². The van der Waals surface area contributed by atoms with Gasteiger partial charge in [0.1, 0.15) is 23.3 Å². The maximum Gasteiger partial charge on any atom is 0.320 e. The smallest absolute Gasteiger partial charge is 0.320 e.